The molecule has 1 heterocycles. The highest BCUT2D eigenvalue weighted by atomic mass is 32.2. The average molecular weight is 485 g/mol. The van der Waals surface area contributed by atoms with Gasteiger partial charge in [0.05, 0.1) is 19.1 Å². The maximum Gasteiger partial charge on any atom is 0.343 e. The van der Waals surface area contributed by atoms with E-state index in [9.17, 15) is 19.2 Å². The predicted octanol–water partition coefficient (Wildman–Crippen LogP) is 3.48. The van der Waals surface area contributed by atoms with Crippen molar-refractivity contribution >= 4 is 46.5 Å². The highest BCUT2D eigenvalue weighted by Crippen LogP contribution is 2.37. The van der Waals surface area contributed by atoms with Crippen molar-refractivity contribution < 1.29 is 33.4 Å². The van der Waals surface area contributed by atoms with E-state index in [0.717, 1.165) is 16.9 Å². The first-order valence-corrected chi connectivity index (χ1v) is 11.2. The molecule has 1 fully saturated rings. The highest BCUT2D eigenvalue weighted by Gasteiger charge is 2.36. The number of nitrogens with one attached hydrogen (secondary N) is 1. The maximum atomic E-state index is 12.9. The SMILES string of the molecule is CCc1ccc(NC(=O)CN2C(=O)S/C(=C/c3cccc(OC)c3OCC(=O)OC)C2=O)cc1. The molecule has 0 radical (unpaired) electrons. The number of amides is 3. The molecule has 34 heavy (non-hydrogen) atoms. The van der Waals surface area contributed by atoms with Gasteiger partial charge >= 0.3 is 5.97 Å². The third-order valence-corrected chi connectivity index (χ3v) is 5.81. The van der Waals surface area contributed by atoms with Crippen molar-refractivity contribution in [3.8, 4) is 11.5 Å². The Balaban J connectivity index is 1.75. The number of aryl methyl sites for hydroxylation is 1. The first kappa shape index (κ1) is 24.8. The summed E-state index contributed by atoms with van der Waals surface area (Å²) in [5, 5.41) is 2.13. The molecule has 3 rings (SSSR count). The molecule has 178 valence electrons. The smallest absolute Gasteiger partial charge is 0.343 e. The normalized spacial score (nSPS) is 14.3. The molecular weight excluding hydrogens is 460 g/mol. The maximum absolute atomic E-state index is 12.9. The second-order valence-electron chi connectivity index (χ2n) is 7.11. The number of carbonyl (C=O) groups excluding carboxylic acids is 4. The highest BCUT2D eigenvalue weighted by molar-refractivity contribution is 8.18. The van der Waals surface area contributed by atoms with Gasteiger partial charge in [0.2, 0.25) is 5.91 Å². The molecule has 3 amide bonds. The van der Waals surface area contributed by atoms with Gasteiger partial charge in [-0.25, -0.2) is 4.79 Å². The molecule has 1 aliphatic rings. The van der Waals surface area contributed by atoms with Crippen LogP contribution in [0.15, 0.2) is 47.4 Å². The first-order valence-electron chi connectivity index (χ1n) is 10.4. The number of rotatable bonds is 9. The zero-order valence-electron chi connectivity index (χ0n) is 19.0. The number of esters is 1. The summed E-state index contributed by atoms with van der Waals surface area (Å²) in [6.45, 7) is 1.25. The van der Waals surface area contributed by atoms with Crippen LogP contribution in [0.1, 0.15) is 18.1 Å². The standard InChI is InChI=1S/C24H24N2O7S/c1-4-15-8-10-17(11-9-15)25-20(27)13-26-23(29)19(34-24(26)30)12-16-6-5-7-18(31-2)22(16)33-14-21(28)32-3/h5-12H,4,13-14H2,1-3H3,(H,25,27)/b19-12+. The Hall–Kier alpha value is -3.79. The fourth-order valence-electron chi connectivity index (χ4n) is 3.10. The Morgan fingerprint density at radius 3 is 2.47 bits per heavy atom. The van der Waals surface area contributed by atoms with Crippen LogP contribution in [-0.2, 0) is 25.5 Å². The summed E-state index contributed by atoms with van der Waals surface area (Å²) in [5.41, 5.74) is 2.13. The number of benzene rings is 2. The molecule has 2 aromatic rings. The molecule has 0 aromatic heterocycles. The number of hydrogen-bond acceptors (Lipinski definition) is 8. The second kappa shape index (κ2) is 11.4. The molecule has 0 bridgehead atoms. The largest absolute Gasteiger partial charge is 0.493 e. The summed E-state index contributed by atoms with van der Waals surface area (Å²) >= 11 is 0.711. The zero-order chi connectivity index (χ0) is 24.7. The van der Waals surface area contributed by atoms with Gasteiger partial charge in [0.15, 0.2) is 18.1 Å². The lowest BCUT2D eigenvalue weighted by molar-refractivity contribution is -0.143. The molecule has 9 nitrogen and oxygen atoms in total. The van der Waals surface area contributed by atoms with Crippen molar-refractivity contribution in [3.05, 3.63) is 58.5 Å². The number of ether oxygens (including phenoxy) is 3. The Morgan fingerprint density at radius 1 is 1.09 bits per heavy atom. The van der Waals surface area contributed by atoms with Gasteiger partial charge in [0.25, 0.3) is 11.1 Å². The minimum atomic E-state index is -0.604. The van der Waals surface area contributed by atoms with Crippen molar-refractivity contribution in [1.82, 2.24) is 4.90 Å². The molecule has 0 saturated carbocycles. The van der Waals surface area contributed by atoms with Crippen molar-refractivity contribution in [1.29, 1.82) is 0 Å². The predicted molar refractivity (Wildman–Crippen MR) is 128 cm³/mol. The van der Waals surface area contributed by atoms with Crippen LogP contribution in [0.25, 0.3) is 6.08 Å². The number of thioether (sulfide) groups is 1. The molecule has 0 aliphatic carbocycles. The fourth-order valence-corrected chi connectivity index (χ4v) is 3.93. The average Bonchev–Trinajstić information content (AvgIpc) is 3.10. The molecule has 0 atom stereocenters. The quantitative estimate of drug-likeness (QED) is 0.425. The Kier molecular flexibility index (Phi) is 8.31. The monoisotopic (exact) mass is 484 g/mol. The third kappa shape index (κ3) is 5.96. The van der Waals surface area contributed by atoms with Crippen molar-refractivity contribution in [2.24, 2.45) is 0 Å². The first-order chi connectivity index (χ1) is 16.4. The number of anilines is 1. The van der Waals surface area contributed by atoms with Crippen LogP contribution in [0.3, 0.4) is 0 Å². The summed E-state index contributed by atoms with van der Waals surface area (Å²) in [6, 6.07) is 12.3. The Morgan fingerprint density at radius 2 is 1.82 bits per heavy atom. The van der Waals surface area contributed by atoms with Gasteiger partial charge in [-0.2, -0.15) is 0 Å². The summed E-state index contributed by atoms with van der Waals surface area (Å²) in [4.78, 5) is 50.2. The van der Waals surface area contributed by atoms with Crippen LogP contribution in [-0.4, -0.2) is 55.3 Å². The molecule has 2 aromatic carbocycles. The third-order valence-electron chi connectivity index (χ3n) is 4.90. The molecule has 1 N–H and O–H groups in total. The van der Waals surface area contributed by atoms with Gasteiger partial charge in [-0.3, -0.25) is 19.3 Å². The number of nitrogens with zero attached hydrogens (tertiary/aromatic N) is 1. The van der Waals surface area contributed by atoms with Crippen LogP contribution in [0.2, 0.25) is 0 Å². The van der Waals surface area contributed by atoms with Gasteiger partial charge in [0, 0.05) is 11.3 Å². The molecule has 1 aliphatic heterocycles. The lowest BCUT2D eigenvalue weighted by atomic mass is 10.1. The lowest BCUT2D eigenvalue weighted by Gasteiger charge is -2.13. The van der Waals surface area contributed by atoms with Gasteiger partial charge in [0.1, 0.15) is 6.54 Å². The van der Waals surface area contributed by atoms with Crippen LogP contribution < -0.4 is 14.8 Å². The lowest BCUT2D eigenvalue weighted by Crippen LogP contribution is -2.36. The van der Waals surface area contributed by atoms with Crippen molar-refractivity contribution in [2.45, 2.75) is 13.3 Å². The molecule has 1 saturated heterocycles. The van der Waals surface area contributed by atoms with E-state index < -0.39 is 29.6 Å². The van der Waals surface area contributed by atoms with Crippen LogP contribution in [0.5, 0.6) is 11.5 Å². The minimum Gasteiger partial charge on any atom is -0.493 e. The van der Waals surface area contributed by atoms with Crippen LogP contribution in [0.4, 0.5) is 10.5 Å². The van der Waals surface area contributed by atoms with E-state index >= 15 is 0 Å². The molecule has 10 heteroatoms. The van der Waals surface area contributed by atoms with Crippen LogP contribution in [0, 0.1) is 0 Å². The van der Waals surface area contributed by atoms with Crippen molar-refractivity contribution in [2.75, 3.05) is 32.7 Å². The summed E-state index contributed by atoms with van der Waals surface area (Å²) in [6.07, 6.45) is 2.33. The number of hydrogen-bond donors (Lipinski definition) is 1. The molecule has 0 unspecified atom stereocenters. The molecule has 0 spiro atoms. The Labute approximate surface area is 201 Å². The van der Waals surface area contributed by atoms with E-state index in [4.69, 9.17) is 9.47 Å². The van der Waals surface area contributed by atoms with E-state index in [2.05, 4.69) is 10.1 Å². The van der Waals surface area contributed by atoms with Gasteiger partial charge < -0.3 is 19.5 Å². The number of carbonyl (C=O) groups is 4. The minimum absolute atomic E-state index is 0.112. The summed E-state index contributed by atoms with van der Waals surface area (Å²) in [7, 11) is 2.67. The summed E-state index contributed by atoms with van der Waals surface area (Å²) < 4.78 is 15.4. The van der Waals surface area contributed by atoms with E-state index in [1.165, 1.54) is 20.3 Å². The van der Waals surface area contributed by atoms with Crippen LogP contribution >= 0.6 is 11.8 Å². The zero-order valence-corrected chi connectivity index (χ0v) is 19.8. The summed E-state index contributed by atoms with van der Waals surface area (Å²) in [5.74, 6) is -1.13. The van der Waals surface area contributed by atoms with E-state index in [1.54, 1.807) is 30.3 Å². The fraction of sp³-hybridized carbons (Fsp3) is 0.250. The van der Waals surface area contributed by atoms with Gasteiger partial charge in [-0.1, -0.05) is 31.2 Å². The number of imide groups is 1. The van der Waals surface area contributed by atoms with Crippen molar-refractivity contribution in [3.63, 3.8) is 0 Å². The van der Waals surface area contributed by atoms with E-state index in [1.807, 2.05) is 19.1 Å². The number of methoxy groups -OCH3 is 2. The Bertz CT molecular complexity index is 1130. The topological polar surface area (TPSA) is 111 Å². The second-order valence-corrected chi connectivity index (χ2v) is 8.10. The van der Waals surface area contributed by atoms with Gasteiger partial charge in [-0.05, 0) is 48.0 Å². The van der Waals surface area contributed by atoms with E-state index in [0.29, 0.717) is 28.8 Å². The van der Waals surface area contributed by atoms with Gasteiger partial charge in [-0.15, -0.1) is 0 Å². The number of para-hydroxylation sites is 1. The van der Waals surface area contributed by atoms with E-state index in [-0.39, 0.29) is 17.3 Å². The molecular formula is C24H24N2O7S.